The highest BCUT2D eigenvalue weighted by Gasteiger charge is 1.96. The molecule has 0 bridgehead atoms. The third-order valence-electron chi connectivity index (χ3n) is 5.00. The van der Waals surface area contributed by atoms with Crippen LogP contribution in [0.3, 0.4) is 0 Å². The first kappa shape index (κ1) is 24.9. The molecule has 0 spiro atoms. The Morgan fingerprint density at radius 3 is 0.227 bits per heavy atom. The minimum Gasteiger partial charge on any atom is -0.197 e. The molecule has 0 amide bonds. The Hall–Kier alpha value is 0.700. The zero-order chi connectivity index (χ0) is 14.1. The fraction of sp³-hybridized carbons (Fsp3) is 1.00. The second kappa shape index (κ2) is 21.7. The van der Waals surface area contributed by atoms with Crippen LogP contribution in [0.5, 0.6) is 0 Å². The zero-order valence-electron chi connectivity index (χ0n) is 15.1. The first-order chi connectivity index (χ1) is 10.0. The van der Waals surface area contributed by atoms with Crippen molar-refractivity contribution in [1.82, 2.24) is 0 Å². The standard InChI is InChI=1S/4C5H10.2H2S/c4*1-2-4-5-3-1;;/h4*1-5H2;2*1H2. The van der Waals surface area contributed by atoms with E-state index >= 15 is 0 Å². The van der Waals surface area contributed by atoms with Crippen LogP contribution in [0.15, 0.2) is 0 Å². The predicted octanol–water partition coefficient (Wildman–Crippen LogP) is 8.03. The van der Waals surface area contributed by atoms with Crippen molar-refractivity contribution in [1.29, 1.82) is 0 Å². The van der Waals surface area contributed by atoms with E-state index in [0.717, 1.165) is 0 Å². The molecule has 0 aromatic rings. The Bertz CT molecular complexity index is 96.1. The maximum atomic E-state index is 1.50. The molecule has 4 fully saturated rings. The summed E-state index contributed by atoms with van der Waals surface area (Å²) in [5.74, 6) is 0. The summed E-state index contributed by atoms with van der Waals surface area (Å²) in [6, 6.07) is 0. The van der Waals surface area contributed by atoms with E-state index in [4.69, 9.17) is 0 Å². The van der Waals surface area contributed by atoms with Crippen LogP contribution in [0.4, 0.5) is 0 Å². The van der Waals surface area contributed by atoms with Gasteiger partial charge >= 0.3 is 0 Å². The summed E-state index contributed by atoms with van der Waals surface area (Å²) in [6.07, 6.45) is 30.0. The van der Waals surface area contributed by atoms with Gasteiger partial charge in [0.15, 0.2) is 0 Å². The van der Waals surface area contributed by atoms with E-state index in [0.29, 0.717) is 0 Å². The topological polar surface area (TPSA) is 0 Å². The van der Waals surface area contributed by atoms with Crippen LogP contribution in [0.25, 0.3) is 0 Å². The van der Waals surface area contributed by atoms with Crippen molar-refractivity contribution in [3.63, 3.8) is 0 Å². The molecule has 22 heavy (non-hydrogen) atoms. The third kappa shape index (κ3) is 18.7. The van der Waals surface area contributed by atoms with E-state index in [1.807, 2.05) is 0 Å². The summed E-state index contributed by atoms with van der Waals surface area (Å²) in [5, 5.41) is 0. The molecule has 0 atom stereocenters. The summed E-state index contributed by atoms with van der Waals surface area (Å²) in [7, 11) is 0. The summed E-state index contributed by atoms with van der Waals surface area (Å²) < 4.78 is 0. The number of hydrogen-bond acceptors (Lipinski definition) is 0. The largest absolute Gasteiger partial charge is 0.197 e. The van der Waals surface area contributed by atoms with Crippen LogP contribution in [-0.4, -0.2) is 0 Å². The third-order valence-corrected chi connectivity index (χ3v) is 5.00. The normalized spacial score (nSPS) is 21.8. The van der Waals surface area contributed by atoms with Crippen LogP contribution in [-0.2, 0) is 0 Å². The molecule has 4 aliphatic carbocycles. The zero-order valence-corrected chi connectivity index (χ0v) is 17.1. The Kier molecular flexibility index (Phi) is 24.6. The highest BCUT2D eigenvalue weighted by Crippen LogP contribution is 2.16. The highest BCUT2D eigenvalue weighted by molar-refractivity contribution is 7.59. The van der Waals surface area contributed by atoms with E-state index in [1.165, 1.54) is 128 Å². The quantitative estimate of drug-likeness (QED) is 0.415. The van der Waals surface area contributed by atoms with Crippen LogP contribution >= 0.6 is 27.0 Å². The second-order valence-electron chi connectivity index (χ2n) is 7.07. The molecule has 0 heterocycles. The van der Waals surface area contributed by atoms with Crippen LogP contribution < -0.4 is 0 Å². The van der Waals surface area contributed by atoms with Gasteiger partial charge in [-0.05, 0) is 0 Å². The lowest BCUT2D eigenvalue weighted by Gasteiger charge is -1.67. The van der Waals surface area contributed by atoms with Crippen molar-refractivity contribution in [3.8, 4) is 0 Å². The first-order valence-electron chi connectivity index (χ1n) is 10.00. The molecule has 4 rings (SSSR count). The summed E-state index contributed by atoms with van der Waals surface area (Å²) >= 11 is 0. The molecule has 136 valence electrons. The lowest BCUT2D eigenvalue weighted by atomic mass is 10.4. The molecule has 4 saturated carbocycles. The fourth-order valence-corrected chi connectivity index (χ4v) is 3.54. The van der Waals surface area contributed by atoms with Gasteiger partial charge in [-0.3, -0.25) is 0 Å². The molecule has 0 nitrogen and oxygen atoms in total. The molecular formula is C20H44S2. The van der Waals surface area contributed by atoms with E-state index in [1.54, 1.807) is 0 Å². The molecule has 2 heteroatoms. The van der Waals surface area contributed by atoms with Crippen molar-refractivity contribution in [2.75, 3.05) is 0 Å². The van der Waals surface area contributed by atoms with E-state index in [2.05, 4.69) is 0 Å². The SMILES string of the molecule is C1CCCC1.C1CCCC1.C1CCCC1.C1CCCC1.S.S. The van der Waals surface area contributed by atoms with E-state index < -0.39 is 0 Å². The summed E-state index contributed by atoms with van der Waals surface area (Å²) in [4.78, 5) is 0. The van der Waals surface area contributed by atoms with Gasteiger partial charge in [-0.1, -0.05) is 128 Å². The molecule has 0 radical (unpaired) electrons. The Morgan fingerprint density at radius 2 is 0.182 bits per heavy atom. The highest BCUT2D eigenvalue weighted by atomic mass is 32.1. The lowest BCUT2D eigenvalue weighted by molar-refractivity contribution is 0.886. The van der Waals surface area contributed by atoms with Crippen molar-refractivity contribution in [3.05, 3.63) is 0 Å². The average Bonchev–Trinajstić information content (AvgIpc) is 3.40. The summed E-state index contributed by atoms with van der Waals surface area (Å²) in [5.41, 5.74) is 0. The van der Waals surface area contributed by atoms with Gasteiger partial charge in [0.25, 0.3) is 0 Å². The van der Waals surface area contributed by atoms with Gasteiger partial charge in [0.05, 0.1) is 0 Å². The molecule has 0 aliphatic heterocycles. The van der Waals surface area contributed by atoms with Crippen LogP contribution in [0.2, 0.25) is 0 Å². The second-order valence-corrected chi connectivity index (χ2v) is 7.07. The summed E-state index contributed by atoms with van der Waals surface area (Å²) in [6.45, 7) is 0. The monoisotopic (exact) mass is 348 g/mol. The van der Waals surface area contributed by atoms with Crippen molar-refractivity contribution < 1.29 is 0 Å². The number of hydrogen-bond donors (Lipinski definition) is 0. The molecule has 0 aromatic carbocycles. The minimum atomic E-state index is 0. The maximum Gasteiger partial charge on any atom is -0.0533 e. The van der Waals surface area contributed by atoms with Crippen molar-refractivity contribution >= 4 is 27.0 Å². The predicted molar refractivity (Wildman–Crippen MR) is 113 cm³/mol. The van der Waals surface area contributed by atoms with Gasteiger partial charge in [-0.25, -0.2) is 0 Å². The fourth-order valence-electron chi connectivity index (χ4n) is 3.54. The van der Waals surface area contributed by atoms with Gasteiger partial charge in [0.1, 0.15) is 0 Å². The Balaban J connectivity index is 0. The van der Waals surface area contributed by atoms with Crippen molar-refractivity contribution in [2.45, 2.75) is 128 Å². The molecule has 0 saturated heterocycles. The molecule has 0 unspecified atom stereocenters. The molecule has 0 N–H and O–H groups in total. The Morgan fingerprint density at radius 1 is 0.136 bits per heavy atom. The van der Waals surface area contributed by atoms with Gasteiger partial charge in [-0.15, -0.1) is 0 Å². The van der Waals surface area contributed by atoms with Crippen molar-refractivity contribution in [2.24, 2.45) is 0 Å². The molecule has 0 aromatic heterocycles. The first-order valence-corrected chi connectivity index (χ1v) is 10.00. The minimum absolute atomic E-state index is 0. The van der Waals surface area contributed by atoms with Gasteiger partial charge in [0.2, 0.25) is 0 Å². The van der Waals surface area contributed by atoms with E-state index in [9.17, 15) is 0 Å². The van der Waals surface area contributed by atoms with E-state index in [-0.39, 0.29) is 27.0 Å². The maximum absolute atomic E-state index is 1.50. The van der Waals surface area contributed by atoms with Gasteiger partial charge in [0, 0.05) is 0 Å². The molecule has 4 aliphatic rings. The van der Waals surface area contributed by atoms with Crippen LogP contribution in [0.1, 0.15) is 128 Å². The average molecular weight is 349 g/mol. The van der Waals surface area contributed by atoms with Gasteiger partial charge < -0.3 is 0 Å². The molecular weight excluding hydrogens is 304 g/mol. The smallest absolute Gasteiger partial charge is 0.0533 e. The van der Waals surface area contributed by atoms with Crippen LogP contribution in [0, 0.1) is 0 Å². The van der Waals surface area contributed by atoms with Gasteiger partial charge in [-0.2, -0.15) is 27.0 Å². The lowest BCUT2D eigenvalue weighted by Crippen LogP contribution is -1.47. The Labute approximate surface area is 155 Å². The number of rotatable bonds is 0.